The van der Waals surface area contributed by atoms with Crippen LogP contribution in [0.1, 0.15) is 38.4 Å². The van der Waals surface area contributed by atoms with Gasteiger partial charge >= 0.3 is 0 Å². The van der Waals surface area contributed by atoms with Crippen LogP contribution in [-0.2, 0) is 22.8 Å². The first-order chi connectivity index (χ1) is 8.87. The van der Waals surface area contributed by atoms with E-state index in [1.807, 2.05) is 10.8 Å². The largest absolute Gasteiger partial charge is 0.388 e. The minimum Gasteiger partial charge on any atom is -0.388 e. The molecule has 0 spiro atoms. The molecular weight excluding hydrogens is 264 g/mol. The van der Waals surface area contributed by atoms with Gasteiger partial charge in [0.05, 0.1) is 10.9 Å². The first-order valence-electron chi connectivity index (χ1n) is 6.78. The third-order valence-corrected chi connectivity index (χ3v) is 5.63. The molecule has 1 aliphatic rings. The number of hydrogen-bond acceptors (Lipinski definition) is 4. The Labute approximate surface area is 114 Å². The van der Waals surface area contributed by atoms with E-state index < -0.39 is 20.7 Å². The molecule has 1 aromatic rings. The summed E-state index contributed by atoms with van der Waals surface area (Å²) in [6.07, 6.45) is 7.93. The van der Waals surface area contributed by atoms with E-state index in [0.29, 0.717) is 19.3 Å². The number of nitrogens with zero attached hydrogens (tertiary/aromatic N) is 2. The van der Waals surface area contributed by atoms with Gasteiger partial charge in [0.15, 0.2) is 9.84 Å². The number of aromatic nitrogens is 2. The Balaban J connectivity index is 2.23. The fourth-order valence-electron chi connectivity index (χ4n) is 3.06. The lowest BCUT2D eigenvalue weighted by Gasteiger charge is -2.28. The van der Waals surface area contributed by atoms with Crippen molar-refractivity contribution in [2.45, 2.75) is 56.4 Å². The minimum atomic E-state index is -3.23. The lowest BCUT2D eigenvalue weighted by Crippen LogP contribution is -2.44. The van der Waals surface area contributed by atoms with Crippen LogP contribution in [0, 0.1) is 0 Å². The SMILES string of the molecule is CCCn1ccnc1CC1(O)CCCC1S(C)(=O)=O. The highest BCUT2D eigenvalue weighted by Gasteiger charge is 2.47. The molecule has 19 heavy (non-hydrogen) atoms. The van der Waals surface area contributed by atoms with Gasteiger partial charge in [-0.3, -0.25) is 0 Å². The Morgan fingerprint density at radius 3 is 2.95 bits per heavy atom. The minimum absolute atomic E-state index is 0.317. The van der Waals surface area contributed by atoms with E-state index in [1.165, 1.54) is 6.26 Å². The summed E-state index contributed by atoms with van der Waals surface area (Å²) in [5, 5.41) is 10.1. The third-order valence-electron chi connectivity index (χ3n) is 3.92. The van der Waals surface area contributed by atoms with Crippen LogP contribution < -0.4 is 0 Å². The van der Waals surface area contributed by atoms with E-state index in [2.05, 4.69) is 11.9 Å². The van der Waals surface area contributed by atoms with Gasteiger partial charge < -0.3 is 9.67 Å². The number of aryl methyl sites for hydroxylation is 1. The van der Waals surface area contributed by atoms with E-state index in [0.717, 1.165) is 25.2 Å². The van der Waals surface area contributed by atoms with Crippen molar-refractivity contribution in [2.24, 2.45) is 0 Å². The van der Waals surface area contributed by atoms with Gasteiger partial charge in [0, 0.05) is 31.6 Å². The van der Waals surface area contributed by atoms with Gasteiger partial charge in [-0.1, -0.05) is 6.92 Å². The lowest BCUT2D eigenvalue weighted by atomic mass is 9.97. The molecule has 0 aromatic carbocycles. The first-order valence-corrected chi connectivity index (χ1v) is 8.73. The van der Waals surface area contributed by atoms with E-state index in [-0.39, 0.29) is 0 Å². The zero-order valence-corrected chi connectivity index (χ0v) is 12.4. The van der Waals surface area contributed by atoms with Gasteiger partial charge in [-0.05, 0) is 25.7 Å². The maximum absolute atomic E-state index is 11.8. The summed E-state index contributed by atoms with van der Waals surface area (Å²) >= 11 is 0. The summed E-state index contributed by atoms with van der Waals surface area (Å²) in [6.45, 7) is 2.92. The average molecular weight is 286 g/mol. The predicted molar refractivity (Wildman–Crippen MR) is 73.7 cm³/mol. The highest BCUT2D eigenvalue weighted by Crippen LogP contribution is 2.37. The van der Waals surface area contributed by atoms with Crippen molar-refractivity contribution in [3.63, 3.8) is 0 Å². The average Bonchev–Trinajstić information content (AvgIpc) is 2.86. The number of aliphatic hydroxyl groups is 1. The summed E-state index contributed by atoms with van der Waals surface area (Å²) in [5.74, 6) is 0.778. The second kappa shape index (κ2) is 5.25. The van der Waals surface area contributed by atoms with Gasteiger partial charge in [-0.15, -0.1) is 0 Å². The second-order valence-corrected chi connectivity index (χ2v) is 7.76. The molecule has 2 unspecified atom stereocenters. The molecule has 0 saturated heterocycles. The van der Waals surface area contributed by atoms with E-state index in [1.54, 1.807) is 6.20 Å². The fraction of sp³-hybridized carbons (Fsp3) is 0.769. The van der Waals surface area contributed by atoms with Crippen LogP contribution in [0.15, 0.2) is 12.4 Å². The van der Waals surface area contributed by atoms with E-state index >= 15 is 0 Å². The molecule has 1 N–H and O–H groups in total. The second-order valence-electron chi connectivity index (χ2n) is 5.53. The van der Waals surface area contributed by atoms with Crippen molar-refractivity contribution >= 4 is 9.84 Å². The number of sulfone groups is 1. The van der Waals surface area contributed by atoms with Crippen LogP contribution in [0.4, 0.5) is 0 Å². The van der Waals surface area contributed by atoms with Crippen LogP contribution in [0.3, 0.4) is 0 Å². The molecule has 108 valence electrons. The predicted octanol–water partition coefficient (Wildman–Crippen LogP) is 1.16. The van der Waals surface area contributed by atoms with Crippen molar-refractivity contribution in [2.75, 3.05) is 6.26 Å². The summed E-state index contributed by atoms with van der Waals surface area (Å²) in [6, 6.07) is 0. The molecule has 1 saturated carbocycles. The topological polar surface area (TPSA) is 72.2 Å². The van der Waals surface area contributed by atoms with Gasteiger partial charge in [0.1, 0.15) is 5.82 Å². The van der Waals surface area contributed by atoms with Crippen molar-refractivity contribution in [1.29, 1.82) is 0 Å². The summed E-state index contributed by atoms with van der Waals surface area (Å²) < 4.78 is 25.6. The zero-order chi connectivity index (χ0) is 14.1. The van der Waals surface area contributed by atoms with Gasteiger partial charge in [0.2, 0.25) is 0 Å². The molecule has 0 radical (unpaired) electrons. The molecule has 0 aliphatic heterocycles. The quantitative estimate of drug-likeness (QED) is 0.881. The van der Waals surface area contributed by atoms with Crippen molar-refractivity contribution in [3.8, 4) is 0 Å². The fourth-order valence-corrected chi connectivity index (χ4v) is 4.66. The molecule has 5 nitrogen and oxygen atoms in total. The molecule has 0 amide bonds. The summed E-state index contributed by atoms with van der Waals surface area (Å²) in [4.78, 5) is 4.27. The van der Waals surface area contributed by atoms with Gasteiger partial charge in [-0.2, -0.15) is 0 Å². The van der Waals surface area contributed by atoms with Crippen LogP contribution in [0.2, 0.25) is 0 Å². The highest BCUT2D eigenvalue weighted by molar-refractivity contribution is 7.91. The maximum Gasteiger partial charge on any atom is 0.153 e. The monoisotopic (exact) mass is 286 g/mol. The van der Waals surface area contributed by atoms with Crippen LogP contribution in [0.5, 0.6) is 0 Å². The Morgan fingerprint density at radius 2 is 2.32 bits per heavy atom. The van der Waals surface area contributed by atoms with Crippen LogP contribution in [-0.4, -0.2) is 40.2 Å². The Morgan fingerprint density at radius 1 is 1.58 bits per heavy atom. The number of rotatable bonds is 5. The normalized spacial score (nSPS) is 27.8. The molecule has 0 bridgehead atoms. The standard InChI is InChI=1S/C13H22N2O3S/c1-3-8-15-9-7-14-12(15)10-13(16)6-4-5-11(13)19(2,17)18/h7,9,11,16H,3-6,8,10H2,1-2H3. The van der Waals surface area contributed by atoms with Crippen molar-refractivity contribution in [1.82, 2.24) is 9.55 Å². The molecule has 1 fully saturated rings. The third kappa shape index (κ3) is 3.00. The molecular formula is C13H22N2O3S. The van der Waals surface area contributed by atoms with Gasteiger partial charge in [0.25, 0.3) is 0 Å². The molecule has 1 heterocycles. The smallest absolute Gasteiger partial charge is 0.153 e. The number of imidazole rings is 1. The molecule has 6 heteroatoms. The first kappa shape index (κ1) is 14.5. The van der Waals surface area contributed by atoms with Crippen molar-refractivity contribution in [3.05, 3.63) is 18.2 Å². The van der Waals surface area contributed by atoms with Crippen LogP contribution >= 0.6 is 0 Å². The maximum atomic E-state index is 11.8. The Hall–Kier alpha value is -0.880. The molecule has 1 aliphatic carbocycles. The lowest BCUT2D eigenvalue weighted by molar-refractivity contribution is 0.0483. The molecule has 2 rings (SSSR count). The molecule has 1 aromatic heterocycles. The van der Waals surface area contributed by atoms with Crippen LogP contribution in [0.25, 0.3) is 0 Å². The Bertz CT molecular complexity index is 538. The van der Waals surface area contributed by atoms with E-state index in [9.17, 15) is 13.5 Å². The molecule has 2 atom stereocenters. The summed E-state index contributed by atoms with van der Waals surface area (Å²) in [7, 11) is -3.23. The zero-order valence-electron chi connectivity index (χ0n) is 11.5. The number of hydrogen-bond donors (Lipinski definition) is 1. The van der Waals surface area contributed by atoms with Crippen molar-refractivity contribution < 1.29 is 13.5 Å². The Kier molecular flexibility index (Phi) is 4.01. The van der Waals surface area contributed by atoms with Gasteiger partial charge in [-0.25, -0.2) is 13.4 Å². The summed E-state index contributed by atoms with van der Waals surface area (Å²) in [5.41, 5.74) is -1.16. The van der Waals surface area contributed by atoms with E-state index in [4.69, 9.17) is 0 Å². The highest BCUT2D eigenvalue weighted by atomic mass is 32.2.